The number of anilines is 1. The number of hydrogen-bond donors (Lipinski definition) is 1. The van der Waals surface area contributed by atoms with E-state index in [-0.39, 0.29) is 18.1 Å². The third-order valence-corrected chi connectivity index (χ3v) is 3.19. The van der Waals surface area contributed by atoms with Gasteiger partial charge in [-0.3, -0.25) is 4.79 Å². The first kappa shape index (κ1) is 13.6. The van der Waals surface area contributed by atoms with Crippen LogP contribution in [0.3, 0.4) is 0 Å². The lowest BCUT2D eigenvalue weighted by molar-refractivity contribution is -0.115. The lowest BCUT2D eigenvalue weighted by Gasteiger charge is -2.03. The van der Waals surface area contributed by atoms with Crippen molar-refractivity contribution in [1.29, 1.82) is 0 Å². The van der Waals surface area contributed by atoms with E-state index < -0.39 is 0 Å². The number of benzene rings is 1. The zero-order valence-corrected chi connectivity index (χ0v) is 11.6. The molecule has 21 heavy (non-hydrogen) atoms. The fourth-order valence-corrected chi connectivity index (χ4v) is 2.13. The van der Waals surface area contributed by atoms with E-state index in [4.69, 9.17) is 11.6 Å². The standard InChI is InChI=1S/C15H11ClFN3O/c16-10-1-4-12(5-2-10)19-15(21)7-13-9-20-8-11(17)3-6-14(20)18-13/h1-6,8-9H,7H2,(H,19,21). The Morgan fingerprint density at radius 2 is 1.95 bits per heavy atom. The average molecular weight is 304 g/mol. The minimum Gasteiger partial charge on any atom is -0.326 e. The van der Waals surface area contributed by atoms with Crippen LogP contribution in [0.2, 0.25) is 5.02 Å². The van der Waals surface area contributed by atoms with E-state index in [1.54, 1.807) is 40.9 Å². The number of pyridine rings is 1. The summed E-state index contributed by atoms with van der Waals surface area (Å²) in [6, 6.07) is 9.74. The molecule has 0 atom stereocenters. The molecular weight excluding hydrogens is 293 g/mol. The summed E-state index contributed by atoms with van der Waals surface area (Å²) in [6.45, 7) is 0. The van der Waals surface area contributed by atoms with E-state index in [0.717, 1.165) is 0 Å². The predicted molar refractivity (Wildman–Crippen MR) is 78.9 cm³/mol. The van der Waals surface area contributed by atoms with Crippen molar-refractivity contribution in [3.63, 3.8) is 0 Å². The maximum Gasteiger partial charge on any atom is 0.230 e. The highest BCUT2D eigenvalue weighted by atomic mass is 35.5. The summed E-state index contributed by atoms with van der Waals surface area (Å²) < 4.78 is 14.6. The van der Waals surface area contributed by atoms with Crippen LogP contribution in [-0.2, 0) is 11.2 Å². The van der Waals surface area contributed by atoms with E-state index in [2.05, 4.69) is 10.3 Å². The first-order chi connectivity index (χ1) is 10.1. The Balaban J connectivity index is 1.72. The minimum absolute atomic E-state index is 0.117. The zero-order valence-electron chi connectivity index (χ0n) is 10.9. The summed E-state index contributed by atoms with van der Waals surface area (Å²) in [5, 5.41) is 3.36. The molecule has 1 aromatic carbocycles. The zero-order chi connectivity index (χ0) is 14.8. The number of carbonyl (C=O) groups excluding carboxylic acids is 1. The van der Waals surface area contributed by atoms with Crippen LogP contribution >= 0.6 is 11.6 Å². The van der Waals surface area contributed by atoms with Gasteiger partial charge in [0.1, 0.15) is 11.5 Å². The molecule has 3 aromatic rings. The van der Waals surface area contributed by atoms with Gasteiger partial charge in [0.15, 0.2) is 0 Å². The number of nitrogens with zero attached hydrogens (tertiary/aromatic N) is 2. The van der Waals surface area contributed by atoms with Crippen molar-refractivity contribution in [2.45, 2.75) is 6.42 Å². The third-order valence-electron chi connectivity index (χ3n) is 2.93. The van der Waals surface area contributed by atoms with Crippen LogP contribution in [0.15, 0.2) is 48.8 Å². The molecule has 1 amide bonds. The number of fused-ring (bicyclic) bond motifs is 1. The van der Waals surface area contributed by atoms with Crippen molar-refractivity contribution >= 4 is 28.8 Å². The van der Waals surface area contributed by atoms with Gasteiger partial charge >= 0.3 is 0 Å². The van der Waals surface area contributed by atoms with Crippen LogP contribution in [0.4, 0.5) is 10.1 Å². The Bertz CT molecular complexity index is 798. The summed E-state index contributed by atoms with van der Waals surface area (Å²) in [5.74, 6) is -0.543. The van der Waals surface area contributed by atoms with E-state index >= 15 is 0 Å². The molecule has 0 fully saturated rings. The van der Waals surface area contributed by atoms with Gasteiger partial charge in [0.05, 0.1) is 12.1 Å². The fourth-order valence-electron chi connectivity index (χ4n) is 2.01. The second kappa shape index (κ2) is 5.54. The van der Waals surface area contributed by atoms with E-state index in [0.29, 0.717) is 22.1 Å². The van der Waals surface area contributed by atoms with Gasteiger partial charge in [-0.1, -0.05) is 11.6 Å². The Morgan fingerprint density at radius 1 is 1.19 bits per heavy atom. The number of imidazole rings is 1. The first-order valence-electron chi connectivity index (χ1n) is 6.29. The molecule has 6 heteroatoms. The second-order valence-corrected chi connectivity index (χ2v) is 5.01. The lowest BCUT2D eigenvalue weighted by Crippen LogP contribution is -2.14. The molecule has 0 aliphatic heterocycles. The molecule has 0 radical (unpaired) electrons. The largest absolute Gasteiger partial charge is 0.326 e. The molecule has 0 saturated heterocycles. The van der Waals surface area contributed by atoms with Crippen molar-refractivity contribution in [2.24, 2.45) is 0 Å². The van der Waals surface area contributed by atoms with Gasteiger partial charge in [-0.2, -0.15) is 0 Å². The van der Waals surface area contributed by atoms with Crippen molar-refractivity contribution in [3.8, 4) is 0 Å². The normalized spacial score (nSPS) is 10.8. The van der Waals surface area contributed by atoms with Gasteiger partial charge in [-0.05, 0) is 36.4 Å². The molecule has 0 saturated carbocycles. The Kier molecular flexibility index (Phi) is 3.58. The first-order valence-corrected chi connectivity index (χ1v) is 6.66. The molecule has 1 N–H and O–H groups in total. The molecule has 4 nitrogen and oxygen atoms in total. The van der Waals surface area contributed by atoms with Crippen LogP contribution < -0.4 is 5.32 Å². The molecule has 2 heterocycles. The summed E-state index contributed by atoms with van der Waals surface area (Å²) in [7, 11) is 0. The topological polar surface area (TPSA) is 46.4 Å². The van der Waals surface area contributed by atoms with Crippen LogP contribution in [0.1, 0.15) is 5.69 Å². The van der Waals surface area contributed by atoms with E-state index in [1.165, 1.54) is 12.3 Å². The van der Waals surface area contributed by atoms with Crippen LogP contribution in [-0.4, -0.2) is 15.3 Å². The molecule has 0 aliphatic rings. The Morgan fingerprint density at radius 3 is 2.71 bits per heavy atom. The van der Waals surface area contributed by atoms with Gasteiger partial charge < -0.3 is 9.72 Å². The van der Waals surface area contributed by atoms with Crippen molar-refractivity contribution in [2.75, 3.05) is 5.32 Å². The number of aromatic nitrogens is 2. The number of carbonyl (C=O) groups is 1. The third kappa shape index (κ3) is 3.20. The van der Waals surface area contributed by atoms with Gasteiger partial charge in [0.2, 0.25) is 5.91 Å². The monoisotopic (exact) mass is 303 g/mol. The highest BCUT2D eigenvalue weighted by Gasteiger charge is 2.08. The molecule has 106 valence electrons. The van der Waals surface area contributed by atoms with Gasteiger partial charge in [0.25, 0.3) is 0 Å². The molecule has 2 aromatic heterocycles. The van der Waals surface area contributed by atoms with Crippen LogP contribution in [0.5, 0.6) is 0 Å². The SMILES string of the molecule is O=C(Cc1cn2cc(F)ccc2n1)Nc1ccc(Cl)cc1. The van der Waals surface area contributed by atoms with Gasteiger partial charge in [-0.25, -0.2) is 9.37 Å². The lowest BCUT2D eigenvalue weighted by atomic mass is 10.3. The molecule has 0 unspecified atom stereocenters. The predicted octanol–water partition coefficient (Wildman–Crippen LogP) is 3.31. The number of amides is 1. The highest BCUT2D eigenvalue weighted by Crippen LogP contribution is 2.14. The smallest absolute Gasteiger partial charge is 0.230 e. The van der Waals surface area contributed by atoms with Crippen molar-refractivity contribution < 1.29 is 9.18 Å². The Labute approximate surface area is 125 Å². The van der Waals surface area contributed by atoms with Gasteiger partial charge in [-0.15, -0.1) is 0 Å². The molecular formula is C15H11ClFN3O. The molecule has 0 spiro atoms. The number of nitrogens with one attached hydrogen (secondary N) is 1. The summed E-state index contributed by atoms with van der Waals surface area (Å²) in [6.07, 6.45) is 3.08. The number of hydrogen-bond acceptors (Lipinski definition) is 2. The second-order valence-electron chi connectivity index (χ2n) is 4.58. The van der Waals surface area contributed by atoms with Crippen LogP contribution in [0, 0.1) is 5.82 Å². The molecule has 0 bridgehead atoms. The van der Waals surface area contributed by atoms with Crippen molar-refractivity contribution in [3.05, 3.63) is 65.3 Å². The fraction of sp³-hybridized carbons (Fsp3) is 0.0667. The quantitative estimate of drug-likeness (QED) is 0.807. The molecule has 0 aliphatic carbocycles. The average Bonchev–Trinajstić information content (AvgIpc) is 2.82. The highest BCUT2D eigenvalue weighted by molar-refractivity contribution is 6.30. The summed E-state index contributed by atoms with van der Waals surface area (Å²) in [5.41, 5.74) is 1.84. The minimum atomic E-state index is -0.350. The van der Waals surface area contributed by atoms with Gasteiger partial charge in [0, 0.05) is 23.1 Å². The maximum absolute atomic E-state index is 13.1. The van der Waals surface area contributed by atoms with Crippen molar-refractivity contribution in [1.82, 2.24) is 9.38 Å². The van der Waals surface area contributed by atoms with E-state index in [1.807, 2.05) is 0 Å². The number of rotatable bonds is 3. The maximum atomic E-state index is 13.1. The molecule has 3 rings (SSSR count). The van der Waals surface area contributed by atoms with E-state index in [9.17, 15) is 9.18 Å². The summed E-state index contributed by atoms with van der Waals surface area (Å²) in [4.78, 5) is 16.2. The summed E-state index contributed by atoms with van der Waals surface area (Å²) >= 11 is 5.78. The number of halogens is 2. The Hall–Kier alpha value is -2.40. The van der Waals surface area contributed by atoms with Crippen LogP contribution in [0.25, 0.3) is 5.65 Å².